The number of rotatable bonds is 3. The summed E-state index contributed by atoms with van der Waals surface area (Å²) in [7, 11) is 1.53. The highest BCUT2D eigenvalue weighted by atomic mass is 16.6. The van der Waals surface area contributed by atoms with Crippen molar-refractivity contribution in [1.29, 1.82) is 0 Å². The van der Waals surface area contributed by atoms with Gasteiger partial charge in [0, 0.05) is 18.7 Å². The summed E-state index contributed by atoms with van der Waals surface area (Å²) in [5, 5.41) is 22.7. The van der Waals surface area contributed by atoms with Gasteiger partial charge in [-0.15, -0.1) is 0 Å². The highest BCUT2D eigenvalue weighted by Gasteiger charge is 2.14. The Bertz CT molecular complexity index is 683. The lowest BCUT2D eigenvalue weighted by atomic mass is 10.0. The molecule has 2 aromatic carbocycles. The van der Waals surface area contributed by atoms with Crippen LogP contribution in [0.3, 0.4) is 0 Å². The average molecular weight is 272 g/mol. The molecular formula is C14H12N2O4. The largest absolute Gasteiger partial charge is 0.502 e. The van der Waals surface area contributed by atoms with Crippen molar-refractivity contribution in [1.82, 2.24) is 5.32 Å². The number of hydrogen-bond donors (Lipinski definition) is 2. The number of amides is 1. The van der Waals surface area contributed by atoms with Crippen LogP contribution in [-0.2, 0) is 0 Å². The number of aromatic hydroxyl groups is 1. The number of hydrogen-bond acceptors (Lipinski definition) is 4. The molecule has 0 atom stereocenters. The summed E-state index contributed by atoms with van der Waals surface area (Å²) in [6, 6.07) is 10.8. The first-order valence-corrected chi connectivity index (χ1v) is 5.83. The molecule has 0 bridgehead atoms. The Balaban J connectivity index is 2.49. The van der Waals surface area contributed by atoms with Crippen molar-refractivity contribution in [3.63, 3.8) is 0 Å². The van der Waals surface area contributed by atoms with E-state index in [0.29, 0.717) is 16.7 Å². The van der Waals surface area contributed by atoms with Crippen molar-refractivity contribution < 1.29 is 14.8 Å². The second-order valence-corrected chi connectivity index (χ2v) is 4.12. The molecular weight excluding hydrogens is 260 g/mol. The van der Waals surface area contributed by atoms with E-state index in [1.54, 1.807) is 30.3 Å². The van der Waals surface area contributed by atoms with E-state index in [0.717, 1.165) is 0 Å². The van der Waals surface area contributed by atoms with Gasteiger partial charge in [0.1, 0.15) is 0 Å². The molecule has 0 heterocycles. The minimum absolute atomic E-state index is 0.236. The van der Waals surface area contributed by atoms with E-state index in [1.807, 2.05) is 0 Å². The van der Waals surface area contributed by atoms with Gasteiger partial charge < -0.3 is 10.4 Å². The number of nitrogens with zero attached hydrogens (tertiary/aromatic N) is 1. The molecule has 0 aliphatic carbocycles. The van der Waals surface area contributed by atoms with Gasteiger partial charge in [-0.1, -0.05) is 18.2 Å². The first kappa shape index (κ1) is 13.5. The Morgan fingerprint density at radius 1 is 1.20 bits per heavy atom. The second-order valence-electron chi connectivity index (χ2n) is 4.12. The van der Waals surface area contributed by atoms with Gasteiger partial charge in [-0.05, 0) is 29.3 Å². The van der Waals surface area contributed by atoms with Crippen LogP contribution in [0.1, 0.15) is 10.4 Å². The lowest BCUT2D eigenvalue weighted by Gasteiger charge is -2.05. The molecule has 6 heteroatoms. The molecule has 0 radical (unpaired) electrons. The van der Waals surface area contributed by atoms with Crippen molar-refractivity contribution in [3.8, 4) is 16.9 Å². The standard InChI is InChI=1S/C14H12N2O4/c1-15-14(18)11-4-2-3-9(7-11)10-5-6-13(17)12(8-10)16(19)20/h2-8,17H,1H3,(H,15,18). The molecule has 20 heavy (non-hydrogen) atoms. The molecule has 0 saturated carbocycles. The maximum absolute atomic E-state index is 11.6. The predicted molar refractivity (Wildman–Crippen MR) is 73.6 cm³/mol. The molecule has 0 aliphatic heterocycles. The Kier molecular flexibility index (Phi) is 3.65. The lowest BCUT2D eigenvalue weighted by molar-refractivity contribution is -0.385. The van der Waals surface area contributed by atoms with E-state index >= 15 is 0 Å². The smallest absolute Gasteiger partial charge is 0.311 e. The summed E-state index contributed by atoms with van der Waals surface area (Å²) in [5.74, 6) is -0.624. The second kappa shape index (κ2) is 5.40. The lowest BCUT2D eigenvalue weighted by Crippen LogP contribution is -2.17. The van der Waals surface area contributed by atoms with Gasteiger partial charge in [0.05, 0.1) is 4.92 Å². The normalized spacial score (nSPS) is 10.1. The summed E-state index contributed by atoms with van der Waals surface area (Å²) in [4.78, 5) is 21.7. The van der Waals surface area contributed by atoms with Crippen LogP contribution in [0, 0.1) is 10.1 Å². The first-order valence-electron chi connectivity index (χ1n) is 5.83. The summed E-state index contributed by atoms with van der Waals surface area (Å²) in [6.45, 7) is 0. The number of nitro benzene ring substituents is 1. The molecule has 2 rings (SSSR count). The summed E-state index contributed by atoms with van der Waals surface area (Å²) >= 11 is 0. The molecule has 1 amide bonds. The van der Waals surface area contributed by atoms with Gasteiger partial charge in [0.25, 0.3) is 5.91 Å². The molecule has 102 valence electrons. The number of nitro groups is 1. The molecule has 2 aromatic rings. The van der Waals surface area contributed by atoms with E-state index < -0.39 is 4.92 Å². The highest BCUT2D eigenvalue weighted by molar-refractivity contribution is 5.95. The fourth-order valence-corrected chi connectivity index (χ4v) is 1.83. The molecule has 0 fully saturated rings. The molecule has 2 N–H and O–H groups in total. The van der Waals surface area contributed by atoms with Crippen LogP contribution in [0.2, 0.25) is 0 Å². The third kappa shape index (κ3) is 2.59. The van der Waals surface area contributed by atoms with E-state index in [-0.39, 0.29) is 17.3 Å². The van der Waals surface area contributed by atoms with E-state index in [1.165, 1.54) is 19.2 Å². The van der Waals surface area contributed by atoms with E-state index in [4.69, 9.17) is 0 Å². The predicted octanol–water partition coefficient (Wildman–Crippen LogP) is 2.33. The van der Waals surface area contributed by atoms with Gasteiger partial charge >= 0.3 is 5.69 Å². The summed E-state index contributed by atoms with van der Waals surface area (Å²) in [6.07, 6.45) is 0. The van der Waals surface area contributed by atoms with Crippen LogP contribution < -0.4 is 5.32 Å². The minimum Gasteiger partial charge on any atom is -0.502 e. The van der Waals surface area contributed by atoms with Gasteiger partial charge in [-0.25, -0.2) is 0 Å². The molecule has 0 aromatic heterocycles. The number of carbonyl (C=O) groups excluding carboxylic acids is 1. The Hall–Kier alpha value is -2.89. The zero-order valence-electron chi connectivity index (χ0n) is 10.7. The zero-order chi connectivity index (χ0) is 14.7. The Morgan fingerprint density at radius 3 is 2.55 bits per heavy atom. The van der Waals surface area contributed by atoms with Crippen LogP contribution in [0.15, 0.2) is 42.5 Å². The third-order valence-electron chi connectivity index (χ3n) is 2.86. The van der Waals surface area contributed by atoms with Crippen LogP contribution in [-0.4, -0.2) is 23.0 Å². The van der Waals surface area contributed by atoms with E-state index in [2.05, 4.69) is 5.32 Å². The molecule has 6 nitrogen and oxygen atoms in total. The number of phenolic OH excluding ortho intramolecular Hbond substituents is 1. The number of carbonyl (C=O) groups is 1. The molecule has 0 saturated heterocycles. The quantitative estimate of drug-likeness (QED) is 0.662. The molecule has 0 spiro atoms. The van der Waals surface area contributed by atoms with Crippen molar-refractivity contribution in [2.45, 2.75) is 0 Å². The maximum atomic E-state index is 11.6. The van der Waals surface area contributed by atoms with Crippen LogP contribution in [0.4, 0.5) is 5.69 Å². The topological polar surface area (TPSA) is 92.5 Å². The van der Waals surface area contributed by atoms with Crippen molar-refractivity contribution in [2.75, 3.05) is 7.05 Å². The van der Waals surface area contributed by atoms with E-state index in [9.17, 15) is 20.0 Å². The van der Waals surface area contributed by atoms with Crippen LogP contribution >= 0.6 is 0 Å². The van der Waals surface area contributed by atoms with Crippen molar-refractivity contribution in [2.24, 2.45) is 0 Å². The maximum Gasteiger partial charge on any atom is 0.311 e. The van der Waals surface area contributed by atoms with Gasteiger partial charge in [0.15, 0.2) is 5.75 Å². The fraction of sp³-hybridized carbons (Fsp3) is 0.0714. The fourth-order valence-electron chi connectivity index (χ4n) is 1.83. The van der Waals surface area contributed by atoms with Gasteiger partial charge in [-0.2, -0.15) is 0 Å². The Labute approximate surface area is 114 Å². The third-order valence-corrected chi connectivity index (χ3v) is 2.86. The Morgan fingerprint density at radius 2 is 1.90 bits per heavy atom. The summed E-state index contributed by atoms with van der Waals surface area (Å²) < 4.78 is 0. The number of nitrogens with one attached hydrogen (secondary N) is 1. The summed E-state index contributed by atoms with van der Waals surface area (Å²) in [5.41, 5.74) is 1.31. The number of benzene rings is 2. The monoisotopic (exact) mass is 272 g/mol. The van der Waals surface area contributed by atoms with Crippen LogP contribution in [0.25, 0.3) is 11.1 Å². The highest BCUT2D eigenvalue weighted by Crippen LogP contribution is 2.31. The van der Waals surface area contributed by atoms with Crippen molar-refractivity contribution >= 4 is 11.6 Å². The van der Waals surface area contributed by atoms with Gasteiger partial charge in [0.2, 0.25) is 0 Å². The molecule has 0 aliphatic rings. The first-order chi connectivity index (χ1) is 9.52. The van der Waals surface area contributed by atoms with Gasteiger partial charge in [-0.3, -0.25) is 14.9 Å². The zero-order valence-corrected chi connectivity index (χ0v) is 10.7. The number of phenols is 1. The average Bonchev–Trinajstić information content (AvgIpc) is 2.46. The minimum atomic E-state index is -0.651. The van der Waals surface area contributed by atoms with Crippen molar-refractivity contribution in [3.05, 3.63) is 58.1 Å². The molecule has 0 unspecified atom stereocenters. The van der Waals surface area contributed by atoms with Crippen LogP contribution in [0.5, 0.6) is 5.75 Å². The SMILES string of the molecule is CNC(=O)c1cccc(-c2ccc(O)c([N+](=O)[O-])c2)c1.